The van der Waals surface area contributed by atoms with Crippen molar-refractivity contribution in [2.24, 2.45) is 7.05 Å². The van der Waals surface area contributed by atoms with Gasteiger partial charge in [0.05, 0.1) is 18.1 Å². The molecular formula is C19H16F3N3O. The van der Waals surface area contributed by atoms with Gasteiger partial charge < -0.3 is 9.88 Å². The van der Waals surface area contributed by atoms with Crippen LogP contribution in [-0.2, 0) is 13.2 Å². The summed E-state index contributed by atoms with van der Waals surface area (Å²) in [5.74, 6) is -0.343. The molecule has 134 valence electrons. The predicted octanol–water partition coefficient (Wildman–Crippen LogP) is 4.67. The van der Waals surface area contributed by atoms with E-state index < -0.39 is 11.7 Å². The number of nitrogens with one attached hydrogen (secondary N) is 1. The van der Waals surface area contributed by atoms with Gasteiger partial charge in [0.25, 0.3) is 5.91 Å². The van der Waals surface area contributed by atoms with E-state index in [4.69, 9.17) is 0 Å². The van der Waals surface area contributed by atoms with Crippen LogP contribution in [0.3, 0.4) is 0 Å². The lowest BCUT2D eigenvalue weighted by molar-refractivity contribution is -0.137. The third kappa shape index (κ3) is 3.61. The van der Waals surface area contributed by atoms with Crippen molar-refractivity contribution in [2.45, 2.75) is 13.1 Å². The number of rotatable bonds is 3. The zero-order valence-corrected chi connectivity index (χ0v) is 14.1. The number of amides is 1. The highest BCUT2D eigenvalue weighted by Gasteiger charge is 2.33. The molecule has 4 nitrogen and oxygen atoms in total. The standard InChI is InChI=1S/C19H16F3N3O/c1-12-3-8-16(19(20,21)22)15(9-12)13-4-6-14(7-5-13)24-18(26)17-10-23-11-25(17)2/h3-11H,1-2H3,(H,24,26). The third-order valence-electron chi connectivity index (χ3n) is 3.98. The molecule has 0 atom stereocenters. The maximum absolute atomic E-state index is 13.2. The van der Waals surface area contributed by atoms with Crippen LogP contribution in [0.25, 0.3) is 11.1 Å². The molecule has 26 heavy (non-hydrogen) atoms. The molecule has 3 rings (SSSR count). The summed E-state index contributed by atoms with van der Waals surface area (Å²) in [6.07, 6.45) is -1.49. The van der Waals surface area contributed by atoms with Crippen molar-refractivity contribution in [3.63, 3.8) is 0 Å². The molecule has 0 aliphatic rings. The summed E-state index contributed by atoms with van der Waals surface area (Å²) in [5, 5.41) is 2.70. The van der Waals surface area contributed by atoms with E-state index in [-0.39, 0.29) is 11.5 Å². The number of imidazole rings is 1. The van der Waals surface area contributed by atoms with Gasteiger partial charge in [-0.25, -0.2) is 4.98 Å². The highest BCUT2D eigenvalue weighted by molar-refractivity contribution is 6.03. The Hall–Kier alpha value is -3.09. The van der Waals surface area contributed by atoms with E-state index in [0.717, 1.165) is 11.6 Å². The van der Waals surface area contributed by atoms with Crippen LogP contribution in [0.15, 0.2) is 55.0 Å². The first-order valence-corrected chi connectivity index (χ1v) is 7.81. The van der Waals surface area contributed by atoms with Crippen molar-refractivity contribution in [3.05, 3.63) is 71.8 Å². The number of hydrogen-bond donors (Lipinski definition) is 1. The van der Waals surface area contributed by atoms with Gasteiger partial charge in [-0.05, 0) is 36.2 Å². The number of carbonyl (C=O) groups excluding carboxylic acids is 1. The Labute approximate surface area is 148 Å². The maximum atomic E-state index is 13.2. The largest absolute Gasteiger partial charge is 0.417 e. The minimum Gasteiger partial charge on any atom is -0.330 e. The molecule has 0 saturated heterocycles. The molecule has 0 saturated carbocycles. The molecule has 0 bridgehead atoms. The number of aromatic nitrogens is 2. The Balaban J connectivity index is 1.88. The first-order chi connectivity index (χ1) is 12.3. The van der Waals surface area contributed by atoms with Crippen LogP contribution >= 0.6 is 0 Å². The fourth-order valence-electron chi connectivity index (χ4n) is 2.65. The van der Waals surface area contributed by atoms with Gasteiger partial charge in [0.2, 0.25) is 0 Å². The molecule has 1 amide bonds. The van der Waals surface area contributed by atoms with Gasteiger partial charge in [-0.15, -0.1) is 0 Å². The van der Waals surface area contributed by atoms with Gasteiger partial charge in [0.15, 0.2) is 0 Å². The molecule has 0 unspecified atom stereocenters. The van der Waals surface area contributed by atoms with E-state index in [1.807, 2.05) is 0 Å². The van der Waals surface area contributed by atoms with E-state index in [0.29, 0.717) is 16.9 Å². The monoisotopic (exact) mass is 359 g/mol. The van der Waals surface area contributed by atoms with Crippen molar-refractivity contribution in [1.29, 1.82) is 0 Å². The summed E-state index contributed by atoms with van der Waals surface area (Å²) < 4.78 is 41.3. The molecule has 1 aromatic heterocycles. The summed E-state index contributed by atoms with van der Waals surface area (Å²) in [6, 6.07) is 10.3. The zero-order valence-electron chi connectivity index (χ0n) is 14.1. The van der Waals surface area contributed by atoms with Crippen LogP contribution in [0, 0.1) is 6.92 Å². The lowest BCUT2D eigenvalue weighted by Gasteiger charge is -2.14. The quantitative estimate of drug-likeness (QED) is 0.739. The molecular weight excluding hydrogens is 343 g/mol. The van der Waals surface area contributed by atoms with Crippen molar-refractivity contribution in [2.75, 3.05) is 5.32 Å². The Morgan fingerprint density at radius 3 is 2.38 bits per heavy atom. The summed E-state index contributed by atoms with van der Waals surface area (Å²) in [7, 11) is 1.70. The number of alkyl halides is 3. The van der Waals surface area contributed by atoms with Gasteiger partial charge in [0.1, 0.15) is 5.69 Å². The molecule has 0 spiro atoms. The SMILES string of the molecule is Cc1ccc(C(F)(F)F)c(-c2ccc(NC(=O)c3cncn3C)cc2)c1. The number of aryl methyl sites for hydroxylation is 2. The second kappa shape index (κ2) is 6.67. The van der Waals surface area contributed by atoms with Crippen LogP contribution in [0.2, 0.25) is 0 Å². The number of benzene rings is 2. The highest BCUT2D eigenvalue weighted by atomic mass is 19.4. The van der Waals surface area contributed by atoms with Gasteiger partial charge in [-0.2, -0.15) is 13.2 Å². The summed E-state index contributed by atoms with van der Waals surface area (Å²) >= 11 is 0. The van der Waals surface area contributed by atoms with Crippen molar-refractivity contribution < 1.29 is 18.0 Å². The zero-order chi connectivity index (χ0) is 18.9. The van der Waals surface area contributed by atoms with E-state index in [1.165, 1.54) is 24.7 Å². The Morgan fingerprint density at radius 1 is 1.12 bits per heavy atom. The lowest BCUT2D eigenvalue weighted by Crippen LogP contribution is -2.15. The van der Waals surface area contributed by atoms with Gasteiger partial charge in [-0.3, -0.25) is 4.79 Å². The molecule has 7 heteroatoms. The van der Waals surface area contributed by atoms with Crippen molar-refractivity contribution in [1.82, 2.24) is 9.55 Å². The summed E-state index contributed by atoms with van der Waals surface area (Å²) in [6.45, 7) is 1.74. The van der Waals surface area contributed by atoms with Crippen LogP contribution in [0.4, 0.5) is 18.9 Å². The smallest absolute Gasteiger partial charge is 0.330 e. The van der Waals surface area contributed by atoms with Crippen LogP contribution < -0.4 is 5.32 Å². The van der Waals surface area contributed by atoms with Crippen molar-refractivity contribution in [3.8, 4) is 11.1 Å². The van der Waals surface area contributed by atoms with Crippen LogP contribution in [0.1, 0.15) is 21.6 Å². The van der Waals surface area contributed by atoms with Crippen LogP contribution in [-0.4, -0.2) is 15.5 Å². The maximum Gasteiger partial charge on any atom is 0.417 e. The van der Waals surface area contributed by atoms with E-state index in [9.17, 15) is 18.0 Å². The van der Waals surface area contributed by atoms with Gasteiger partial charge >= 0.3 is 6.18 Å². The summed E-state index contributed by atoms with van der Waals surface area (Å²) in [5.41, 5.74) is 1.46. The average molecular weight is 359 g/mol. The molecule has 1 heterocycles. The van der Waals surface area contributed by atoms with Crippen LogP contribution in [0.5, 0.6) is 0 Å². The molecule has 1 N–H and O–H groups in total. The van der Waals surface area contributed by atoms with Crippen molar-refractivity contribution >= 4 is 11.6 Å². The summed E-state index contributed by atoms with van der Waals surface area (Å²) in [4.78, 5) is 16.0. The highest BCUT2D eigenvalue weighted by Crippen LogP contribution is 2.37. The second-order valence-electron chi connectivity index (χ2n) is 5.97. The first kappa shape index (κ1) is 17.7. The van der Waals surface area contributed by atoms with Gasteiger partial charge in [-0.1, -0.05) is 29.8 Å². The third-order valence-corrected chi connectivity index (χ3v) is 3.98. The molecule has 0 aliphatic heterocycles. The molecule has 0 fully saturated rings. The fourth-order valence-corrected chi connectivity index (χ4v) is 2.65. The van der Waals surface area contributed by atoms with E-state index in [2.05, 4.69) is 10.3 Å². The number of anilines is 1. The van der Waals surface area contributed by atoms with E-state index >= 15 is 0 Å². The molecule has 0 aliphatic carbocycles. The second-order valence-corrected chi connectivity index (χ2v) is 5.97. The average Bonchev–Trinajstić information content (AvgIpc) is 3.00. The molecule has 0 radical (unpaired) electrons. The number of hydrogen-bond acceptors (Lipinski definition) is 2. The lowest BCUT2D eigenvalue weighted by atomic mass is 9.97. The van der Waals surface area contributed by atoms with Gasteiger partial charge in [0, 0.05) is 12.7 Å². The number of halogens is 3. The topological polar surface area (TPSA) is 46.9 Å². The predicted molar refractivity (Wildman–Crippen MR) is 92.8 cm³/mol. The molecule has 3 aromatic rings. The Kier molecular flexibility index (Phi) is 4.54. The Morgan fingerprint density at radius 2 is 1.81 bits per heavy atom. The minimum atomic E-state index is -4.44. The fraction of sp³-hybridized carbons (Fsp3) is 0.158. The van der Waals surface area contributed by atoms with E-state index in [1.54, 1.807) is 42.8 Å². The number of carbonyl (C=O) groups is 1. The first-order valence-electron chi connectivity index (χ1n) is 7.81. The Bertz CT molecular complexity index is 943. The molecule has 2 aromatic carbocycles. The number of nitrogens with zero attached hydrogens (tertiary/aromatic N) is 2. The minimum absolute atomic E-state index is 0.113. The normalized spacial score (nSPS) is 11.4.